The Morgan fingerprint density at radius 3 is 2.41 bits per heavy atom. The number of amides is 2. The van der Waals surface area contributed by atoms with E-state index in [9.17, 15) is 14.0 Å². The average molecular weight is 554 g/mol. The van der Waals surface area contributed by atoms with Gasteiger partial charge in [-0.2, -0.15) is 16.9 Å². The number of hydrogen-bond acceptors (Lipinski definition) is 7. The van der Waals surface area contributed by atoms with Crippen LogP contribution >= 0.6 is 11.8 Å². The van der Waals surface area contributed by atoms with Gasteiger partial charge in [0.05, 0.1) is 19.0 Å². The highest BCUT2D eigenvalue weighted by Gasteiger charge is 2.27. The molecule has 2 aliphatic rings. The van der Waals surface area contributed by atoms with Gasteiger partial charge >= 0.3 is 0 Å². The molecule has 2 aromatic heterocycles. The van der Waals surface area contributed by atoms with Crippen molar-refractivity contribution in [2.75, 3.05) is 18.6 Å². The van der Waals surface area contributed by atoms with Gasteiger partial charge in [-0.3, -0.25) is 14.7 Å². The highest BCUT2D eigenvalue weighted by atomic mass is 32.2. The first-order valence-electron chi connectivity index (χ1n) is 13.2. The number of thioether (sulfide) groups is 1. The predicted molar refractivity (Wildman–Crippen MR) is 147 cm³/mol. The van der Waals surface area contributed by atoms with Crippen LogP contribution in [-0.4, -0.2) is 63.8 Å². The van der Waals surface area contributed by atoms with Gasteiger partial charge in [-0.25, -0.2) is 9.37 Å². The van der Waals surface area contributed by atoms with Crippen molar-refractivity contribution >= 4 is 23.6 Å². The molecule has 1 aliphatic carbocycles. The number of para-hydroxylation sites is 1. The van der Waals surface area contributed by atoms with Crippen LogP contribution in [0.2, 0.25) is 0 Å². The molecule has 1 aliphatic heterocycles. The number of carbonyl (C=O) groups excluding carboxylic acids is 2. The zero-order chi connectivity index (χ0) is 27.2. The zero-order valence-corrected chi connectivity index (χ0v) is 22.6. The number of aromatic amines is 1. The van der Waals surface area contributed by atoms with Crippen LogP contribution in [0.3, 0.4) is 0 Å². The monoisotopic (exact) mass is 553 g/mol. The van der Waals surface area contributed by atoms with Crippen molar-refractivity contribution in [3.8, 4) is 22.9 Å². The molecule has 0 radical (unpaired) electrons. The number of pyridine rings is 1. The lowest BCUT2D eigenvalue weighted by Crippen LogP contribution is -2.44. The molecule has 1 aromatic carbocycles. The number of methoxy groups -OCH3 is 1. The Morgan fingerprint density at radius 1 is 1.00 bits per heavy atom. The summed E-state index contributed by atoms with van der Waals surface area (Å²) < 4.78 is 25.3. The van der Waals surface area contributed by atoms with Gasteiger partial charge in [0.15, 0.2) is 5.69 Å². The lowest BCUT2D eigenvalue weighted by molar-refractivity contribution is 0.0883. The first-order chi connectivity index (χ1) is 19.0. The maximum absolute atomic E-state index is 14.0. The molecule has 2 fully saturated rings. The number of rotatable bonds is 8. The van der Waals surface area contributed by atoms with Gasteiger partial charge < -0.3 is 20.1 Å². The third-order valence-electron chi connectivity index (χ3n) is 7.11. The number of nitrogens with one attached hydrogen (secondary N) is 3. The van der Waals surface area contributed by atoms with Crippen molar-refractivity contribution in [2.45, 2.75) is 56.7 Å². The number of nitrogens with zero attached hydrogens (tertiary/aromatic N) is 2. The maximum atomic E-state index is 14.0. The molecule has 206 valence electrons. The van der Waals surface area contributed by atoms with E-state index in [1.54, 1.807) is 13.2 Å². The van der Waals surface area contributed by atoms with Crippen LogP contribution in [-0.2, 0) is 0 Å². The highest BCUT2D eigenvalue weighted by Crippen LogP contribution is 2.29. The van der Waals surface area contributed by atoms with E-state index in [4.69, 9.17) is 9.47 Å². The van der Waals surface area contributed by atoms with Gasteiger partial charge in [0.2, 0.25) is 5.88 Å². The number of aromatic nitrogens is 3. The van der Waals surface area contributed by atoms with E-state index < -0.39 is 11.7 Å². The molecule has 0 atom stereocenters. The number of ether oxygens (including phenoxy) is 2. The van der Waals surface area contributed by atoms with Crippen molar-refractivity contribution in [2.24, 2.45) is 0 Å². The number of carbonyl (C=O) groups is 2. The van der Waals surface area contributed by atoms with Crippen molar-refractivity contribution in [1.29, 1.82) is 0 Å². The Hall–Kier alpha value is -3.60. The van der Waals surface area contributed by atoms with Crippen LogP contribution in [0, 0.1) is 5.82 Å². The summed E-state index contributed by atoms with van der Waals surface area (Å²) in [5, 5.41) is 13.1. The third kappa shape index (κ3) is 6.70. The summed E-state index contributed by atoms with van der Waals surface area (Å²) in [6, 6.07) is 10.3. The molecule has 0 unspecified atom stereocenters. The first kappa shape index (κ1) is 27.0. The van der Waals surface area contributed by atoms with Gasteiger partial charge in [-0.05, 0) is 74.3 Å². The summed E-state index contributed by atoms with van der Waals surface area (Å²) in [4.78, 5) is 29.9. The summed E-state index contributed by atoms with van der Waals surface area (Å²) in [5.74, 6) is 1.63. The zero-order valence-electron chi connectivity index (χ0n) is 21.7. The highest BCUT2D eigenvalue weighted by molar-refractivity contribution is 7.99. The van der Waals surface area contributed by atoms with E-state index in [2.05, 4.69) is 25.8 Å². The standard InChI is InChI=1S/C28H32FN5O4S/c1-37-25-5-3-2-4-21(25)23-15-24(34-33-23)27(36)32-19-8-6-18(7-9-19)31-26(35)22-14-17(29)16-30-28(22)38-20-10-12-39-13-11-20/h2-5,14-16,18-20H,6-13H2,1H3,(H,31,35)(H,32,36)(H,33,34). The molecule has 2 amide bonds. The van der Waals surface area contributed by atoms with Gasteiger partial charge in [-0.15, -0.1) is 0 Å². The minimum atomic E-state index is -0.578. The SMILES string of the molecule is COc1ccccc1-c1cc(C(=O)NC2CCC(NC(=O)c3cc(F)cnc3OC3CCSCC3)CC2)n[nH]1. The molecular formula is C28H32FN5O4S. The van der Waals surface area contributed by atoms with Crippen molar-refractivity contribution in [1.82, 2.24) is 25.8 Å². The second-order valence-electron chi connectivity index (χ2n) is 9.80. The Bertz CT molecular complexity index is 1300. The summed E-state index contributed by atoms with van der Waals surface area (Å²) in [5.41, 5.74) is 1.94. The molecule has 5 rings (SSSR count). The molecule has 0 bridgehead atoms. The average Bonchev–Trinajstić information content (AvgIpc) is 3.46. The van der Waals surface area contributed by atoms with E-state index in [1.165, 1.54) is 6.07 Å². The van der Waals surface area contributed by atoms with Gasteiger partial charge in [0, 0.05) is 17.6 Å². The van der Waals surface area contributed by atoms with Crippen molar-refractivity contribution < 1.29 is 23.5 Å². The first-order valence-corrected chi connectivity index (χ1v) is 14.4. The summed E-state index contributed by atoms with van der Waals surface area (Å²) in [6.45, 7) is 0. The Balaban J connectivity index is 1.14. The van der Waals surface area contributed by atoms with E-state index in [-0.39, 0.29) is 35.5 Å². The summed E-state index contributed by atoms with van der Waals surface area (Å²) in [7, 11) is 1.60. The molecule has 0 spiro atoms. The van der Waals surface area contributed by atoms with Crippen LogP contribution < -0.4 is 20.1 Å². The predicted octanol–water partition coefficient (Wildman–Crippen LogP) is 4.36. The van der Waals surface area contributed by atoms with Crippen LogP contribution in [0.4, 0.5) is 4.39 Å². The van der Waals surface area contributed by atoms with Gasteiger partial charge in [-0.1, -0.05) is 12.1 Å². The fourth-order valence-electron chi connectivity index (χ4n) is 4.98. The Labute approximate surface area is 230 Å². The lowest BCUT2D eigenvalue weighted by Gasteiger charge is -2.29. The van der Waals surface area contributed by atoms with Crippen molar-refractivity contribution in [3.05, 3.63) is 59.7 Å². The second-order valence-corrected chi connectivity index (χ2v) is 11.0. The number of halogens is 1. The topological polar surface area (TPSA) is 118 Å². The number of benzene rings is 1. The second kappa shape index (κ2) is 12.5. The fourth-order valence-corrected chi connectivity index (χ4v) is 6.05. The summed E-state index contributed by atoms with van der Waals surface area (Å²) in [6.07, 6.45) is 5.58. The fraction of sp³-hybridized carbons (Fsp3) is 0.429. The van der Waals surface area contributed by atoms with Crippen LogP contribution in [0.1, 0.15) is 59.4 Å². The minimum Gasteiger partial charge on any atom is -0.496 e. The minimum absolute atomic E-state index is 0.0184. The van der Waals surface area contributed by atoms with E-state index >= 15 is 0 Å². The van der Waals surface area contributed by atoms with Crippen LogP contribution in [0.15, 0.2) is 42.6 Å². The molecule has 11 heteroatoms. The lowest BCUT2D eigenvalue weighted by atomic mass is 9.91. The number of hydrogen-bond donors (Lipinski definition) is 3. The molecule has 39 heavy (non-hydrogen) atoms. The molecular weight excluding hydrogens is 521 g/mol. The third-order valence-corrected chi connectivity index (χ3v) is 8.16. The van der Waals surface area contributed by atoms with E-state index in [1.807, 2.05) is 36.0 Å². The van der Waals surface area contributed by atoms with E-state index in [0.717, 1.165) is 36.1 Å². The van der Waals surface area contributed by atoms with Crippen molar-refractivity contribution in [3.63, 3.8) is 0 Å². The molecule has 9 nitrogen and oxygen atoms in total. The summed E-state index contributed by atoms with van der Waals surface area (Å²) >= 11 is 1.87. The maximum Gasteiger partial charge on any atom is 0.272 e. The number of H-pyrrole nitrogens is 1. The van der Waals surface area contributed by atoms with Crippen LogP contribution in [0.25, 0.3) is 11.3 Å². The smallest absolute Gasteiger partial charge is 0.272 e. The van der Waals surface area contributed by atoms with E-state index in [0.29, 0.717) is 42.8 Å². The molecule has 3 N–H and O–H groups in total. The molecule has 3 heterocycles. The molecule has 1 saturated heterocycles. The Kier molecular flexibility index (Phi) is 8.65. The molecule has 1 saturated carbocycles. The quantitative estimate of drug-likeness (QED) is 0.379. The normalized spacial score (nSPS) is 19.7. The van der Waals surface area contributed by atoms with Gasteiger partial charge in [0.25, 0.3) is 11.8 Å². The van der Waals surface area contributed by atoms with Crippen LogP contribution in [0.5, 0.6) is 11.6 Å². The van der Waals surface area contributed by atoms with Gasteiger partial charge in [0.1, 0.15) is 23.2 Å². The Morgan fingerprint density at radius 2 is 1.69 bits per heavy atom. The molecule has 3 aromatic rings. The largest absolute Gasteiger partial charge is 0.496 e.